The summed E-state index contributed by atoms with van der Waals surface area (Å²) >= 11 is 4.66. The summed E-state index contributed by atoms with van der Waals surface area (Å²) in [5.41, 5.74) is 0.226. The highest BCUT2D eigenvalue weighted by atomic mass is 32.2. The highest BCUT2D eigenvalue weighted by Crippen LogP contribution is 1.76. The first-order valence-electron chi connectivity index (χ1n) is 2.84. The lowest BCUT2D eigenvalue weighted by Crippen LogP contribution is -2.20. The van der Waals surface area contributed by atoms with Crippen LogP contribution in [0.5, 0.6) is 0 Å². The van der Waals surface area contributed by atoms with Crippen LogP contribution >= 0.6 is 12.2 Å². The van der Waals surface area contributed by atoms with Crippen molar-refractivity contribution in [3.8, 4) is 0 Å². The molecule has 12 heavy (non-hydrogen) atoms. The van der Waals surface area contributed by atoms with Gasteiger partial charge in [0, 0.05) is 12.3 Å². The van der Waals surface area contributed by atoms with Gasteiger partial charge in [-0.05, 0) is 12.2 Å². The van der Waals surface area contributed by atoms with E-state index in [1.54, 1.807) is 0 Å². The number of aromatic nitrogens is 2. The Balaban J connectivity index is 3.65. The fourth-order valence-electron chi connectivity index (χ4n) is 0.620. The van der Waals surface area contributed by atoms with E-state index in [1.807, 2.05) is 0 Å². The molecule has 0 bridgehead atoms. The number of aromatic amines is 1. The molecule has 0 spiro atoms. The van der Waals surface area contributed by atoms with Gasteiger partial charge >= 0.3 is 0 Å². The Morgan fingerprint density at radius 3 is 2.75 bits per heavy atom. The van der Waals surface area contributed by atoms with Crippen molar-refractivity contribution in [3.63, 3.8) is 0 Å². The maximum atomic E-state index is 10.9. The minimum absolute atomic E-state index is 0.0479. The summed E-state index contributed by atoms with van der Waals surface area (Å²) in [5.74, 6) is 0. The molecule has 0 aromatic carbocycles. The second-order valence-corrected chi connectivity index (χ2v) is 2.98. The van der Waals surface area contributed by atoms with Gasteiger partial charge in [-0.15, -0.1) is 0 Å². The highest BCUT2D eigenvalue weighted by molar-refractivity contribution is 7.72. The SMILES string of the molecule is O=c1cc[nH]c(=S)n1C=S(=O)=O. The third-order valence-corrected chi connectivity index (χ3v) is 1.78. The predicted molar refractivity (Wildman–Crippen MR) is 46.3 cm³/mol. The Labute approximate surface area is 73.8 Å². The lowest BCUT2D eigenvalue weighted by molar-refractivity contribution is 0.627. The Morgan fingerprint density at radius 2 is 2.25 bits per heavy atom. The van der Waals surface area contributed by atoms with Crippen molar-refractivity contribution < 1.29 is 8.42 Å². The van der Waals surface area contributed by atoms with Crippen LogP contribution in [0, 0.1) is 4.77 Å². The molecule has 0 radical (unpaired) electrons. The molecular formula is C5H4N2O3S2. The van der Waals surface area contributed by atoms with Crippen LogP contribution in [-0.4, -0.2) is 23.5 Å². The van der Waals surface area contributed by atoms with Gasteiger partial charge in [0.05, 0.1) is 0 Å². The molecule has 64 valence electrons. The second kappa shape index (κ2) is 3.46. The van der Waals surface area contributed by atoms with Crippen LogP contribution in [0.25, 0.3) is 0 Å². The Kier molecular flexibility index (Phi) is 2.56. The van der Waals surface area contributed by atoms with Gasteiger partial charge in [-0.1, -0.05) is 0 Å². The zero-order chi connectivity index (χ0) is 9.14. The third kappa shape index (κ3) is 1.89. The Morgan fingerprint density at radius 1 is 1.58 bits per heavy atom. The van der Waals surface area contributed by atoms with Crippen molar-refractivity contribution in [2.75, 3.05) is 0 Å². The molecule has 0 aliphatic carbocycles. The van der Waals surface area contributed by atoms with Gasteiger partial charge in [-0.2, -0.15) is 8.42 Å². The van der Waals surface area contributed by atoms with Gasteiger partial charge in [0.2, 0.25) is 10.3 Å². The molecule has 5 nitrogen and oxygen atoms in total. The van der Waals surface area contributed by atoms with Crippen molar-refractivity contribution in [1.82, 2.24) is 9.55 Å². The van der Waals surface area contributed by atoms with E-state index in [0.717, 1.165) is 4.57 Å². The van der Waals surface area contributed by atoms with Crippen LogP contribution in [-0.2, 0) is 10.3 Å². The number of H-pyrrole nitrogens is 1. The van der Waals surface area contributed by atoms with E-state index in [-0.39, 0.29) is 4.77 Å². The third-order valence-electron chi connectivity index (χ3n) is 1.08. The molecule has 0 fully saturated rings. The van der Waals surface area contributed by atoms with E-state index in [2.05, 4.69) is 17.2 Å². The Hall–Kier alpha value is -1.21. The van der Waals surface area contributed by atoms with E-state index >= 15 is 0 Å². The van der Waals surface area contributed by atoms with Gasteiger partial charge in [0.15, 0.2) is 4.77 Å². The topological polar surface area (TPSA) is 71.9 Å². The molecule has 7 heteroatoms. The number of hydrogen-bond acceptors (Lipinski definition) is 4. The number of nitrogens with one attached hydrogen (secondary N) is 1. The van der Waals surface area contributed by atoms with Crippen molar-refractivity contribution in [1.29, 1.82) is 0 Å². The van der Waals surface area contributed by atoms with Crippen LogP contribution in [0.2, 0.25) is 0 Å². The molecular weight excluding hydrogens is 200 g/mol. The molecule has 0 aliphatic rings. The lowest BCUT2D eigenvalue weighted by Gasteiger charge is -1.92. The van der Waals surface area contributed by atoms with Crippen molar-refractivity contribution in [2.24, 2.45) is 0 Å². The first-order valence-corrected chi connectivity index (χ1v) is 4.39. The van der Waals surface area contributed by atoms with E-state index in [0.29, 0.717) is 5.49 Å². The van der Waals surface area contributed by atoms with E-state index in [4.69, 9.17) is 0 Å². The molecule has 1 heterocycles. The van der Waals surface area contributed by atoms with Gasteiger partial charge in [0.25, 0.3) is 5.56 Å². The average Bonchev–Trinajstić information content (AvgIpc) is 1.97. The smallest absolute Gasteiger partial charge is 0.259 e. The van der Waals surface area contributed by atoms with Crippen molar-refractivity contribution in [2.45, 2.75) is 0 Å². The van der Waals surface area contributed by atoms with E-state index < -0.39 is 15.9 Å². The van der Waals surface area contributed by atoms with Crippen molar-refractivity contribution in [3.05, 3.63) is 27.4 Å². The van der Waals surface area contributed by atoms with Crippen LogP contribution < -0.4 is 5.56 Å². The molecule has 1 aromatic rings. The Bertz CT molecular complexity index is 486. The minimum atomic E-state index is -2.44. The summed E-state index contributed by atoms with van der Waals surface area (Å²) in [6.07, 6.45) is 1.35. The monoisotopic (exact) mass is 204 g/mol. The fourth-order valence-corrected chi connectivity index (χ4v) is 1.28. The van der Waals surface area contributed by atoms with Crippen LogP contribution in [0.1, 0.15) is 0 Å². The molecule has 0 unspecified atom stereocenters. The molecule has 1 rings (SSSR count). The molecule has 0 atom stereocenters. The summed E-state index contributed by atoms with van der Waals surface area (Å²) in [4.78, 5) is 13.5. The number of rotatable bonds is 1. The number of nitrogens with zero attached hydrogens (tertiary/aromatic N) is 1. The summed E-state index contributed by atoms with van der Waals surface area (Å²) < 4.78 is 21.3. The van der Waals surface area contributed by atoms with Crippen LogP contribution in [0.3, 0.4) is 0 Å². The van der Waals surface area contributed by atoms with Crippen LogP contribution in [0.4, 0.5) is 0 Å². The molecule has 1 aromatic heterocycles. The maximum absolute atomic E-state index is 10.9. The quantitative estimate of drug-likeness (QED) is 0.620. The zero-order valence-electron chi connectivity index (χ0n) is 5.72. The molecule has 1 N–H and O–H groups in total. The van der Waals surface area contributed by atoms with Gasteiger partial charge in [0.1, 0.15) is 5.49 Å². The lowest BCUT2D eigenvalue weighted by atomic mass is 10.6. The first-order chi connectivity index (χ1) is 5.61. The largest absolute Gasteiger partial charge is 0.338 e. The summed E-state index contributed by atoms with van der Waals surface area (Å²) in [6, 6.07) is 1.18. The average molecular weight is 204 g/mol. The predicted octanol–water partition coefficient (Wildman–Crippen LogP) is -0.607. The molecule has 0 amide bonds. The maximum Gasteiger partial charge on any atom is 0.259 e. The van der Waals surface area contributed by atoms with Crippen molar-refractivity contribution >= 4 is 28.0 Å². The standard InChI is InChI=1S/C5H4N2O3S2/c8-4-1-2-6-5(11)7(4)3-12(9)10/h1-3H,(H,6,11). The first kappa shape index (κ1) is 8.88. The minimum Gasteiger partial charge on any atom is -0.338 e. The van der Waals surface area contributed by atoms with Gasteiger partial charge < -0.3 is 4.98 Å². The summed E-state index contributed by atoms with van der Waals surface area (Å²) in [6.45, 7) is 0. The normalized spacial score (nSPS) is 9.33. The fraction of sp³-hybridized carbons (Fsp3) is 0. The molecule has 0 aliphatic heterocycles. The highest BCUT2D eigenvalue weighted by Gasteiger charge is 1.91. The molecule has 0 saturated carbocycles. The van der Waals surface area contributed by atoms with Gasteiger partial charge in [-0.25, -0.2) is 4.57 Å². The second-order valence-electron chi connectivity index (χ2n) is 1.86. The summed E-state index contributed by atoms with van der Waals surface area (Å²) in [5, 5.41) is 0. The van der Waals surface area contributed by atoms with Crippen LogP contribution in [0.15, 0.2) is 17.1 Å². The van der Waals surface area contributed by atoms with E-state index in [9.17, 15) is 13.2 Å². The summed E-state index contributed by atoms with van der Waals surface area (Å²) in [7, 11) is -2.44. The molecule has 0 saturated heterocycles. The van der Waals surface area contributed by atoms with Gasteiger partial charge in [-0.3, -0.25) is 4.79 Å². The van der Waals surface area contributed by atoms with E-state index in [1.165, 1.54) is 12.3 Å². The number of hydrogen-bond donors (Lipinski definition) is 1. The zero-order valence-corrected chi connectivity index (χ0v) is 7.35.